The van der Waals surface area contributed by atoms with Crippen molar-refractivity contribution in [2.75, 3.05) is 13.2 Å². The molecule has 1 heterocycles. The summed E-state index contributed by atoms with van der Waals surface area (Å²) in [5.41, 5.74) is 0.703. The van der Waals surface area contributed by atoms with Crippen LogP contribution in [0.25, 0.3) is 0 Å². The summed E-state index contributed by atoms with van der Waals surface area (Å²) in [5, 5.41) is 0. The Morgan fingerprint density at radius 2 is 1.76 bits per heavy atom. The van der Waals surface area contributed by atoms with E-state index in [-0.39, 0.29) is 5.78 Å². The lowest BCUT2D eigenvalue weighted by molar-refractivity contribution is 0.0978. The number of ketones is 1. The van der Waals surface area contributed by atoms with Gasteiger partial charge in [-0.2, -0.15) is 0 Å². The van der Waals surface area contributed by atoms with Crippen LogP contribution in [0.4, 0.5) is 0 Å². The Hall–Kier alpha value is -1.03. The van der Waals surface area contributed by atoms with Gasteiger partial charge in [0, 0.05) is 22.9 Å². The third-order valence-electron chi connectivity index (χ3n) is 3.65. The zero-order valence-electron chi connectivity index (χ0n) is 12.6. The number of halogens is 1. The maximum Gasteiger partial charge on any atom is 0.164 e. The Morgan fingerprint density at radius 3 is 2.48 bits per heavy atom. The standard InChI is InChI=1S/C17H23BrO3/c1-2-3-4-5-6-8-15(19)13-11-16-17(12-14(13)18)21-10-7-9-20-16/h11-12H,2-10H2,1H3. The first-order chi connectivity index (χ1) is 10.2. The van der Waals surface area contributed by atoms with E-state index >= 15 is 0 Å². The van der Waals surface area contributed by atoms with Crippen LogP contribution >= 0.6 is 15.9 Å². The molecule has 1 aromatic carbocycles. The molecule has 0 fully saturated rings. The maximum atomic E-state index is 12.3. The minimum Gasteiger partial charge on any atom is -0.490 e. The molecule has 0 N–H and O–H groups in total. The van der Waals surface area contributed by atoms with Gasteiger partial charge in [0.2, 0.25) is 0 Å². The Labute approximate surface area is 135 Å². The van der Waals surface area contributed by atoms with Crippen molar-refractivity contribution in [3.63, 3.8) is 0 Å². The molecular weight excluding hydrogens is 332 g/mol. The zero-order chi connectivity index (χ0) is 15.1. The third-order valence-corrected chi connectivity index (χ3v) is 4.30. The molecule has 3 nitrogen and oxygen atoms in total. The molecule has 0 unspecified atom stereocenters. The van der Waals surface area contributed by atoms with Crippen LogP contribution in [0.2, 0.25) is 0 Å². The predicted octanol–water partition coefficient (Wildman–Crippen LogP) is 5.15. The fourth-order valence-corrected chi connectivity index (χ4v) is 2.96. The van der Waals surface area contributed by atoms with Crippen LogP contribution < -0.4 is 9.47 Å². The molecule has 0 bridgehead atoms. The molecule has 1 aromatic rings. The van der Waals surface area contributed by atoms with Gasteiger partial charge in [0.1, 0.15) is 0 Å². The Bertz CT molecular complexity index is 485. The van der Waals surface area contributed by atoms with Crippen molar-refractivity contribution < 1.29 is 14.3 Å². The minimum absolute atomic E-state index is 0.175. The van der Waals surface area contributed by atoms with Gasteiger partial charge >= 0.3 is 0 Å². The lowest BCUT2D eigenvalue weighted by Crippen LogP contribution is -2.02. The number of rotatable bonds is 7. The van der Waals surface area contributed by atoms with Gasteiger partial charge in [0.05, 0.1) is 13.2 Å². The van der Waals surface area contributed by atoms with Gasteiger partial charge in [-0.25, -0.2) is 0 Å². The van der Waals surface area contributed by atoms with Crippen molar-refractivity contribution in [2.45, 2.75) is 51.9 Å². The van der Waals surface area contributed by atoms with Gasteiger partial charge in [-0.05, 0) is 34.5 Å². The second-order valence-electron chi connectivity index (χ2n) is 5.42. The second kappa shape index (κ2) is 8.42. The van der Waals surface area contributed by atoms with Crippen molar-refractivity contribution in [2.24, 2.45) is 0 Å². The highest BCUT2D eigenvalue weighted by Crippen LogP contribution is 2.35. The number of fused-ring (bicyclic) bond motifs is 1. The first kappa shape index (κ1) is 16.3. The van der Waals surface area contributed by atoms with Crippen LogP contribution in [0.15, 0.2) is 16.6 Å². The molecule has 116 valence electrons. The molecule has 1 aliphatic heterocycles. The van der Waals surface area contributed by atoms with Crippen LogP contribution in [-0.4, -0.2) is 19.0 Å². The highest BCUT2D eigenvalue weighted by atomic mass is 79.9. The lowest BCUT2D eigenvalue weighted by atomic mass is 10.0. The number of ether oxygens (including phenoxy) is 2. The Kier molecular flexibility index (Phi) is 6.55. The SMILES string of the molecule is CCCCCCCC(=O)c1cc2c(cc1Br)OCCCO2. The number of benzene rings is 1. The van der Waals surface area contributed by atoms with Gasteiger partial charge in [0.25, 0.3) is 0 Å². The smallest absolute Gasteiger partial charge is 0.164 e. The van der Waals surface area contributed by atoms with Crippen molar-refractivity contribution in [1.82, 2.24) is 0 Å². The average molecular weight is 355 g/mol. The predicted molar refractivity (Wildman–Crippen MR) is 87.5 cm³/mol. The largest absolute Gasteiger partial charge is 0.490 e. The number of carbonyl (C=O) groups is 1. The second-order valence-corrected chi connectivity index (χ2v) is 6.27. The van der Waals surface area contributed by atoms with E-state index < -0.39 is 0 Å². The quantitative estimate of drug-likeness (QED) is 0.501. The molecule has 1 aliphatic rings. The molecule has 4 heteroatoms. The summed E-state index contributed by atoms with van der Waals surface area (Å²) >= 11 is 3.48. The van der Waals surface area contributed by atoms with E-state index in [9.17, 15) is 4.79 Å². The molecule has 0 saturated carbocycles. The van der Waals surface area contributed by atoms with Gasteiger partial charge in [-0.15, -0.1) is 0 Å². The Morgan fingerprint density at radius 1 is 1.10 bits per heavy atom. The van der Waals surface area contributed by atoms with Crippen molar-refractivity contribution in [3.05, 3.63) is 22.2 Å². The van der Waals surface area contributed by atoms with Crippen molar-refractivity contribution in [3.8, 4) is 11.5 Å². The van der Waals surface area contributed by atoms with Crippen LogP contribution in [0.1, 0.15) is 62.2 Å². The van der Waals surface area contributed by atoms with E-state index in [1.807, 2.05) is 12.1 Å². The normalized spacial score (nSPS) is 13.8. The summed E-state index contributed by atoms with van der Waals surface area (Å²) in [7, 11) is 0. The summed E-state index contributed by atoms with van der Waals surface area (Å²) in [6, 6.07) is 3.67. The molecule has 0 radical (unpaired) electrons. The molecule has 0 saturated heterocycles. The van der Waals surface area contributed by atoms with Crippen LogP contribution in [0, 0.1) is 0 Å². The monoisotopic (exact) mass is 354 g/mol. The van der Waals surface area contributed by atoms with E-state index in [4.69, 9.17) is 9.47 Å². The number of unbranched alkanes of at least 4 members (excludes halogenated alkanes) is 4. The first-order valence-electron chi connectivity index (χ1n) is 7.84. The molecule has 2 rings (SSSR count). The average Bonchev–Trinajstić information content (AvgIpc) is 2.70. The van der Waals surface area contributed by atoms with Crippen molar-refractivity contribution >= 4 is 21.7 Å². The summed E-state index contributed by atoms with van der Waals surface area (Å²) in [6.07, 6.45) is 7.24. The fourth-order valence-electron chi connectivity index (χ4n) is 2.42. The van der Waals surface area contributed by atoms with E-state index in [0.717, 1.165) is 29.5 Å². The lowest BCUT2D eigenvalue weighted by Gasteiger charge is -2.11. The molecule has 0 aliphatic carbocycles. The van der Waals surface area contributed by atoms with E-state index in [1.165, 1.54) is 19.3 Å². The number of Topliss-reactive ketones (excluding diaryl/α,β-unsaturated/α-hetero) is 1. The summed E-state index contributed by atoms with van der Waals surface area (Å²) in [5.74, 6) is 1.58. The van der Waals surface area contributed by atoms with E-state index in [1.54, 1.807) is 0 Å². The summed E-state index contributed by atoms with van der Waals surface area (Å²) in [6.45, 7) is 3.49. The summed E-state index contributed by atoms with van der Waals surface area (Å²) < 4.78 is 12.1. The van der Waals surface area contributed by atoms with E-state index in [2.05, 4.69) is 22.9 Å². The molecule has 21 heavy (non-hydrogen) atoms. The number of carbonyl (C=O) groups excluding carboxylic acids is 1. The minimum atomic E-state index is 0.175. The topological polar surface area (TPSA) is 35.5 Å². The molecule has 0 amide bonds. The third kappa shape index (κ3) is 4.73. The van der Waals surface area contributed by atoms with Gasteiger partial charge in [-0.3, -0.25) is 4.79 Å². The highest BCUT2D eigenvalue weighted by molar-refractivity contribution is 9.10. The molecule has 0 spiro atoms. The van der Waals surface area contributed by atoms with Gasteiger partial charge < -0.3 is 9.47 Å². The molecule has 0 atom stereocenters. The summed E-state index contributed by atoms with van der Waals surface area (Å²) in [4.78, 5) is 12.3. The number of hydrogen-bond donors (Lipinski definition) is 0. The number of hydrogen-bond acceptors (Lipinski definition) is 3. The molecular formula is C17H23BrO3. The maximum absolute atomic E-state index is 12.3. The Balaban J connectivity index is 1.98. The van der Waals surface area contributed by atoms with Crippen molar-refractivity contribution in [1.29, 1.82) is 0 Å². The fraction of sp³-hybridized carbons (Fsp3) is 0.588. The van der Waals surface area contributed by atoms with Crippen LogP contribution in [-0.2, 0) is 0 Å². The van der Waals surface area contributed by atoms with E-state index in [0.29, 0.717) is 30.9 Å². The first-order valence-corrected chi connectivity index (χ1v) is 8.64. The van der Waals surface area contributed by atoms with Crippen LogP contribution in [0.5, 0.6) is 11.5 Å². The van der Waals surface area contributed by atoms with Crippen LogP contribution in [0.3, 0.4) is 0 Å². The van der Waals surface area contributed by atoms with Gasteiger partial charge in [-0.1, -0.05) is 32.6 Å². The van der Waals surface area contributed by atoms with Gasteiger partial charge in [0.15, 0.2) is 17.3 Å². The zero-order valence-corrected chi connectivity index (χ0v) is 14.2. The molecule has 0 aromatic heterocycles. The highest BCUT2D eigenvalue weighted by Gasteiger charge is 2.17.